The van der Waals surface area contributed by atoms with Gasteiger partial charge in [-0.05, 0) is 56.9 Å². The van der Waals surface area contributed by atoms with E-state index in [0.29, 0.717) is 0 Å². The fourth-order valence-corrected chi connectivity index (χ4v) is 3.01. The Morgan fingerprint density at radius 1 is 1.33 bits per heavy atom. The molecule has 1 saturated heterocycles. The molecule has 0 aromatic heterocycles. The van der Waals surface area contributed by atoms with Gasteiger partial charge >= 0.3 is 0 Å². The molecule has 1 nitrogen and oxygen atoms in total. The van der Waals surface area contributed by atoms with E-state index in [9.17, 15) is 0 Å². The number of nitrogens with zero attached hydrogens (tertiary/aromatic N) is 1. The predicted molar refractivity (Wildman–Crippen MR) is 71.8 cm³/mol. The molecule has 0 aromatic rings. The molecular formula is C13H27NS. The molecule has 2 atom stereocenters. The monoisotopic (exact) mass is 229 g/mol. The van der Waals surface area contributed by atoms with Crippen LogP contribution in [0.25, 0.3) is 0 Å². The van der Waals surface area contributed by atoms with Crippen LogP contribution >= 0.6 is 12.6 Å². The highest BCUT2D eigenvalue weighted by atomic mass is 32.1. The summed E-state index contributed by atoms with van der Waals surface area (Å²) in [6, 6.07) is 0.877. The zero-order valence-corrected chi connectivity index (χ0v) is 11.3. The molecule has 1 heterocycles. The average Bonchev–Trinajstić information content (AvgIpc) is 2.27. The van der Waals surface area contributed by atoms with Crippen LogP contribution in [-0.4, -0.2) is 29.8 Å². The summed E-state index contributed by atoms with van der Waals surface area (Å²) < 4.78 is 0. The van der Waals surface area contributed by atoms with Gasteiger partial charge in [-0.25, -0.2) is 0 Å². The van der Waals surface area contributed by atoms with Crippen molar-refractivity contribution in [3.05, 3.63) is 0 Å². The fraction of sp³-hybridized carbons (Fsp3) is 1.00. The summed E-state index contributed by atoms with van der Waals surface area (Å²) >= 11 is 4.30. The van der Waals surface area contributed by atoms with Crippen LogP contribution in [-0.2, 0) is 0 Å². The van der Waals surface area contributed by atoms with Crippen LogP contribution in [0, 0.1) is 5.92 Å². The third-order valence-electron chi connectivity index (χ3n) is 3.75. The van der Waals surface area contributed by atoms with E-state index in [1.54, 1.807) is 0 Å². The van der Waals surface area contributed by atoms with Crippen molar-refractivity contribution in [2.45, 2.75) is 58.4 Å². The van der Waals surface area contributed by atoms with Gasteiger partial charge in [0.25, 0.3) is 0 Å². The molecule has 2 unspecified atom stereocenters. The maximum Gasteiger partial charge on any atom is 0.00926 e. The number of hydrogen-bond acceptors (Lipinski definition) is 2. The van der Waals surface area contributed by atoms with Crippen LogP contribution in [0.2, 0.25) is 0 Å². The molecule has 0 aromatic carbocycles. The van der Waals surface area contributed by atoms with Crippen LogP contribution in [0.3, 0.4) is 0 Å². The lowest BCUT2D eigenvalue weighted by Gasteiger charge is -2.35. The molecule has 0 N–H and O–H groups in total. The maximum atomic E-state index is 4.30. The minimum Gasteiger partial charge on any atom is -0.300 e. The first-order chi connectivity index (χ1) is 7.27. The predicted octanol–water partition coefficient (Wildman–Crippen LogP) is 3.60. The van der Waals surface area contributed by atoms with E-state index in [1.807, 2.05) is 0 Å². The lowest BCUT2D eigenvalue weighted by molar-refractivity contribution is 0.136. The lowest BCUT2D eigenvalue weighted by Crippen LogP contribution is -2.40. The first-order valence-corrected chi connectivity index (χ1v) is 7.26. The molecule has 0 bridgehead atoms. The summed E-state index contributed by atoms with van der Waals surface area (Å²) in [5.74, 6) is 1.89. The van der Waals surface area contributed by atoms with E-state index in [-0.39, 0.29) is 0 Å². The van der Waals surface area contributed by atoms with Crippen LogP contribution in [0.4, 0.5) is 0 Å². The molecule has 1 rings (SSSR count). The Labute approximate surface area is 101 Å². The molecule has 1 aliphatic heterocycles. The second-order valence-electron chi connectivity index (χ2n) is 5.00. The first-order valence-electron chi connectivity index (χ1n) is 6.62. The Balaban J connectivity index is 2.22. The Hall–Kier alpha value is 0.310. The molecule has 0 aliphatic carbocycles. The van der Waals surface area contributed by atoms with E-state index in [0.717, 1.165) is 17.7 Å². The quantitative estimate of drug-likeness (QED) is 0.681. The summed E-state index contributed by atoms with van der Waals surface area (Å²) in [7, 11) is 0. The minimum atomic E-state index is 0.849. The maximum absolute atomic E-state index is 4.30. The molecule has 0 saturated carbocycles. The van der Waals surface area contributed by atoms with Crippen LogP contribution < -0.4 is 0 Å². The SMILES string of the molecule is CCC1CCCCN1CCC(C)CCS. The van der Waals surface area contributed by atoms with Gasteiger partial charge in [0, 0.05) is 6.04 Å². The zero-order valence-electron chi connectivity index (χ0n) is 10.4. The third-order valence-corrected chi connectivity index (χ3v) is 4.01. The summed E-state index contributed by atoms with van der Waals surface area (Å²) in [6.45, 7) is 7.35. The summed E-state index contributed by atoms with van der Waals surface area (Å²) in [5.41, 5.74) is 0. The molecule has 0 radical (unpaired) electrons. The Morgan fingerprint density at radius 3 is 2.80 bits per heavy atom. The largest absolute Gasteiger partial charge is 0.300 e. The van der Waals surface area contributed by atoms with E-state index in [2.05, 4.69) is 31.4 Å². The van der Waals surface area contributed by atoms with Crippen molar-refractivity contribution in [3.63, 3.8) is 0 Å². The molecule has 90 valence electrons. The van der Waals surface area contributed by atoms with Crippen molar-refractivity contribution in [1.29, 1.82) is 0 Å². The molecule has 15 heavy (non-hydrogen) atoms. The second-order valence-corrected chi connectivity index (χ2v) is 5.45. The van der Waals surface area contributed by atoms with Gasteiger partial charge in [0.1, 0.15) is 0 Å². The molecule has 0 spiro atoms. The molecule has 1 aliphatic rings. The Kier molecular flexibility index (Phi) is 6.74. The van der Waals surface area contributed by atoms with E-state index in [1.165, 1.54) is 51.6 Å². The smallest absolute Gasteiger partial charge is 0.00926 e. The van der Waals surface area contributed by atoms with Gasteiger partial charge in [0.05, 0.1) is 0 Å². The molecule has 1 fully saturated rings. The standard InChI is InChI=1S/C13H27NS/c1-3-13-6-4-5-9-14(13)10-7-12(2)8-11-15/h12-13,15H,3-11H2,1-2H3. The third kappa shape index (κ3) is 4.78. The summed E-state index contributed by atoms with van der Waals surface area (Å²) in [5, 5.41) is 0. The van der Waals surface area contributed by atoms with Crippen LogP contribution in [0.15, 0.2) is 0 Å². The zero-order chi connectivity index (χ0) is 11.1. The van der Waals surface area contributed by atoms with Crippen molar-refractivity contribution in [1.82, 2.24) is 4.90 Å². The first kappa shape index (κ1) is 13.4. The molecule has 0 amide bonds. The van der Waals surface area contributed by atoms with Gasteiger partial charge in [-0.2, -0.15) is 12.6 Å². The minimum absolute atomic E-state index is 0.849. The fourth-order valence-electron chi connectivity index (χ4n) is 2.57. The number of thiol groups is 1. The van der Waals surface area contributed by atoms with Crippen molar-refractivity contribution in [2.24, 2.45) is 5.92 Å². The normalized spacial score (nSPS) is 25.4. The van der Waals surface area contributed by atoms with Crippen molar-refractivity contribution >= 4 is 12.6 Å². The number of rotatable bonds is 6. The molecular weight excluding hydrogens is 202 g/mol. The summed E-state index contributed by atoms with van der Waals surface area (Å²) in [4.78, 5) is 2.72. The van der Waals surface area contributed by atoms with Gasteiger partial charge < -0.3 is 4.90 Å². The van der Waals surface area contributed by atoms with Gasteiger partial charge in [0.2, 0.25) is 0 Å². The topological polar surface area (TPSA) is 3.24 Å². The highest BCUT2D eigenvalue weighted by molar-refractivity contribution is 7.80. The van der Waals surface area contributed by atoms with Gasteiger partial charge in [-0.15, -0.1) is 0 Å². The Morgan fingerprint density at radius 2 is 2.13 bits per heavy atom. The molecule has 2 heteroatoms. The van der Waals surface area contributed by atoms with Crippen LogP contribution in [0.1, 0.15) is 52.4 Å². The lowest BCUT2D eigenvalue weighted by atomic mass is 9.98. The van der Waals surface area contributed by atoms with E-state index >= 15 is 0 Å². The van der Waals surface area contributed by atoms with E-state index < -0.39 is 0 Å². The average molecular weight is 229 g/mol. The van der Waals surface area contributed by atoms with Crippen molar-refractivity contribution in [3.8, 4) is 0 Å². The second kappa shape index (κ2) is 7.56. The Bertz CT molecular complexity index is 161. The van der Waals surface area contributed by atoms with Crippen molar-refractivity contribution in [2.75, 3.05) is 18.8 Å². The van der Waals surface area contributed by atoms with Gasteiger partial charge in [-0.3, -0.25) is 0 Å². The highest BCUT2D eigenvalue weighted by Crippen LogP contribution is 2.21. The number of hydrogen-bond donors (Lipinski definition) is 1. The number of piperidine rings is 1. The van der Waals surface area contributed by atoms with E-state index in [4.69, 9.17) is 0 Å². The van der Waals surface area contributed by atoms with Gasteiger partial charge in [0.15, 0.2) is 0 Å². The number of likely N-dealkylation sites (tertiary alicyclic amines) is 1. The highest BCUT2D eigenvalue weighted by Gasteiger charge is 2.20. The van der Waals surface area contributed by atoms with Gasteiger partial charge in [-0.1, -0.05) is 20.3 Å². The summed E-state index contributed by atoms with van der Waals surface area (Å²) in [6.07, 6.45) is 8.25. The van der Waals surface area contributed by atoms with Crippen molar-refractivity contribution < 1.29 is 0 Å². The van der Waals surface area contributed by atoms with Crippen LogP contribution in [0.5, 0.6) is 0 Å².